The summed E-state index contributed by atoms with van der Waals surface area (Å²) in [5.74, 6) is 0.848. The summed E-state index contributed by atoms with van der Waals surface area (Å²) in [6.07, 6.45) is 1.51. The average Bonchev–Trinajstić information content (AvgIpc) is 2.63. The Morgan fingerprint density at radius 2 is 2.24 bits per heavy atom. The maximum atomic E-state index is 10.00. The first-order valence-corrected chi connectivity index (χ1v) is 6.07. The van der Waals surface area contributed by atoms with Gasteiger partial charge in [0, 0.05) is 24.6 Å². The van der Waals surface area contributed by atoms with E-state index in [0.29, 0.717) is 24.6 Å². The zero-order valence-corrected chi connectivity index (χ0v) is 10.3. The van der Waals surface area contributed by atoms with Crippen molar-refractivity contribution >= 4 is 0 Å². The fourth-order valence-corrected chi connectivity index (χ4v) is 2.83. The Balaban J connectivity index is 2.27. The minimum atomic E-state index is 0.188. The van der Waals surface area contributed by atoms with Gasteiger partial charge in [0.1, 0.15) is 5.75 Å². The lowest BCUT2D eigenvalue weighted by Gasteiger charge is -2.14. The third kappa shape index (κ3) is 2.13. The molecule has 1 aliphatic carbocycles. The lowest BCUT2D eigenvalue weighted by molar-refractivity contribution is 0.447. The Morgan fingerprint density at radius 1 is 1.47 bits per heavy atom. The van der Waals surface area contributed by atoms with E-state index in [1.807, 2.05) is 6.07 Å². The number of phenolic OH excluding ortho intramolecular Hbond substituents is 1. The zero-order chi connectivity index (χ0) is 12.4. The number of hydrogen-bond acceptors (Lipinski definition) is 3. The number of phenols is 1. The van der Waals surface area contributed by atoms with E-state index in [2.05, 4.69) is 25.2 Å². The van der Waals surface area contributed by atoms with Gasteiger partial charge >= 0.3 is 0 Å². The summed E-state index contributed by atoms with van der Waals surface area (Å²) < 4.78 is 0. The summed E-state index contributed by atoms with van der Waals surface area (Å²) in [6.45, 7) is 4.96. The van der Waals surface area contributed by atoms with Crippen LogP contribution in [0.5, 0.6) is 5.75 Å². The smallest absolute Gasteiger partial charge is 0.120 e. The zero-order valence-electron chi connectivity index (χ0n) is 10.3. The second-order valence-corrected chi connectivity index (χ2v) is 4.78. The highest BCUT2D eigenvalue weighted by atomic mass is 16.3. The quantitative estimate of drug-likeness (QED) is 0.785. The van der Waals surface area contributed by atoms with E-state index in [4.69, 9.17) is 5.26 Å². The lowest BCUT2D eigenvalue weighted by atomic mass is 9.97. The maximum absolute atomic E-state index is 10.00. The molecule has 1 aliphatic rings. The van der Waals surface area contributed by atoms with Crippen LogP contribution in [0, 0.1) is 18.3 Å². The molecule has 90 valence electrons. The van der Waals surface area contributed by atoms with Gasteiger partial charge in [-0.3, -0.25) is 0 Å². The number of nitriles is 1. The van der Waals surface area contributed by atoms with Crippen LogP contribution in [-0.4, -0.2) is 11.7 Å². The molecule has 0 radical (unpaired) electrons. The molecule has 2 N–H and O–H groups in total. The van der Waals surface area contributed by atoms with Crippen molar-refractivity contribution in [1.82, 2.24) is 5.32 Å². The minimum Gasteiger partial charge on any atom is -0.508 e. The van der Waals surface area contributed by atoms with E-state index < -0.39 is 0 Å². The van der Waals surface area contributed by atoms with Crippen LogP contribution in [0.4, 0.5) is 0 Å². The van der Waals surface area contributed by atoms with Gasteiger partial charge in [-0.15, -0.1) is 0 Å². The van der Waals surface area contributed by atoms with Crippen LogP contribution in [-0.2, 0) is 0 Å². The Bertz CT molecular complexity index is 462. The third-order valence-corrected chi connectivity index (χ3v) is 3.54. The predicted molar refractivity (Wildman–Crippen MR) is 66.8 cm³/mol. The molecule has 2 unspecified atom stereocenters. The normalized spacial score (nSPS) is 22.2. The first kappa shape index (κ1) is 11.9. The number of aromatic hydroxyl groups is 1. The van der Waals surface area contributed by atoms with Crippen molar-refractivity contribution in [2.45, 2.75) is 38.6 Å². The topological polar surface area (TPSA) is 56.0 Å². The summed E-state index contributed by atoms with van der Waals surface area (Å²) in [5.41, 5.74) is 3.56. The second kappa shape index (κ2) is 4.77. The molecule has 0 aromatic heterocycles. The molecule has 3 nitrogen and oxygen atoms in total. The molecular formula is C14H18N2O. The van der Waals surface area contributed by atoms with Gasteiger partial charge in [-0.2, -0.15) is 5.26 Å². The SMILES string of the molecule is Cc1ccc(O)c2c1C(C)CC2NCCC#N. The standard InChI is InChI=1S/C14H18N2O/c1-9-4-5-12(17)14-11(16-7-3-6-15)8-10(2)13(9)14/h4-5,10-11,16-17H,3,7-8H2,1-2H3. The summed E-state index contributed by atoms with van der Waals surface area (Å²) in [4.78, 5) is 0. The molecule has 0 aliphatic heterocycles. The monoisotopic (exact) mass is 230 g/mol. The van der Waals surface area contributed by atoms with E-state index in [0.717, 1.165) is 12.0 Å². The Kier molecular flexibility index (Phi) is 3.35. The van der Waals surface area contributed by atoms with Crippen molar-refractivity contribution in [2.24, 2.45) is 0 Å². The molecular weight excluding hydrogens is 212 g/mol. The van der Waals surface area contributed by atoms with E-state index in [9.17, 15) is 5.11 Å². The van der Waals surface area contributed by atoms with Gasteiger partial charge < -0.3 is 10.4 Å². The van der Waals surface area contributed by atoms with Crippen molar-refractivity contribution < 1.29 is 5.11 Å². The summed E-state index contributed by atoms with van der Waals surface area (Å²) >= 11 is 0. The van der Waals surface area contributed by atoms with Crippen LogP contribution in [0.3, 0.4) is 0 Å². The van der Waals surface area contributed by atoms with Crippen LogP contribution in [0.1, 0.15) is 48.4 Å². The average molecular weight is 230 g/mol. The molecule has 2 atom stereocenters. The van der Waals surface area contributed by atoms with E-state index >= 15 is 0 Å². The van der Waals surface area contributed by atoms with Crippen LogP contribution < -0.4 is 5.32 Å². The lowest BCUT2D eigenvalue weighted by Crippen LogP contribution is -2.20. The number of aryl methyl sites for hydroxylation is 1. The van der Waals surface area contributed by atoms with Gasteiger partial charge in [0.25, 0.3) is 0 Å². The molecule has 0 saturated carbocycles. The van der Waals surface area contributed by atoms with Crippen LogP contribution >= 0.6 is 0 Å². The molecule has 0 amide bonds. The van der Waals surface area contributed by atoms with Gasteiger partial charge in [-0.05, 0) is 36.5 Å². The number of rotatable bonds is 3. The molecule has 0 bridgehead atoms. The van der Waals surface area contributed by atoms with E-state index in [-0.39, 0.29) is 6.04 Å². The van der Waals surface area contributed by atoms with Gasteiger partial charge in [-0.25, -0.2) is 0 Å². The van der Waals surface area contributed by atoms with Crippen LogP contribution in [0.15, 0.2) is 12.1 Å². The summed E-state index contributed by atoms with van der Waals surface area (Å²) in [6, 6.07) is 6.06. The molecule has 1 aromatic rings. The van der Waals surface area contributed by atoms with Crippen molar-refractivity contribution in [3.63, 3.8) is 0 Å². The summed E-state index contributed by atoms with van der Waals surface area (Å²) in [7, 11) is 0. The molecule has 0 fully saturated rings. The first-order chi connectivity index (χ1) is 8.15. The second-order valence-electron chi connectivity index (χ2n) is 4.78. The molecule has 2 rings (SSSR count). The van der Waals surface area contributed by atoms with Crippen molar-refractivity contribution in [1.29, 1.82) is 5.26 Å². The fraction of sp³-hybridized carbons (Fsp3) is 0.500. The van der Waals surface area contributed by atoms with Gasteiger partial charge in [-0.1, -0.05) is 13.0 Å². The van der Waals surface area contributed by atoms with Crippen molar-refractivity contribution in [3.05, 3.63) is 28.8 Å². The van der Waals surface area contributed by atoms with Gasteiger partial charge in [0.05, 0.1) is 6.07 Å². The van der Waals surface area contributed by atoms with E-state index in [1.54, 1.807) is 6.07 Å². The van der Waals surface area contributed by atoms with Gasteiger partial charge in [0.2, 0.25) is 0 Å². The predicted octanol–water partition coefficient (Wildman–Crippen LogP) is 2.75. The van der Waals surface area contributed by atoms with E-state index in [1.165, 1.54) is 11.1 Å². The molecule has 0 heterocycles. The fourth-order valence-electron chi connectivity index (χ4n) is 2.83. The minimum absolute atomic E-state index is 0.188. The molecule has 17 heavy (non-hydrogen) atoms. The molecule has 0 spiro atoms. The Labute approximate surface area is 102 Å². The molecule has 1 aromatic carbocycles. The number of nitrogens with zero attached hydrogens (tertiary/aromatic N) is 1. The molecule has 3 heteroatoms. The summed E-state index contributed by atoms with van der Waals surface area (Å²) in [5, 5.41) is 21.9. The van der Waals surface area contributed by atoms with Crippen molar-refractivity contribution in [2.75, 3.05) is 6.54 Å². The highest BCUT2D eigenvalue weighted by Crippen LogP contribution is 2.45. The van der Waals surface area contributed by atoms with Crippen molar-refractivity contribution in [3.8, 4) is 11.8 Å². The molecule has 0 saturated heterocycles. The number of hydrogen-bond donors (Lipinski definition) is 2. The van der Waals surface area contributed by atoms with Gasteiger partial charge in [0.15, 0.2) is 0 Å². The van der Waals surface area contributed by atoms with Crippen LogP contribution in [0.2, 0.25) is 0 Å². The number of benzene rings is 1. The number of fused-ring (bicyclic) bond motifs is 1. The Morgan fingerprint density at radius 3 is 2.94 bits per heavy atom. The Hall–Kier alpha value is -1.53. The van der Waals surface area contributed by atoms with Crippen LogP contribution in [0.25, 0.3) is 0 Å². The highest BCUT2D eigenvalue weighted by Gasteiger charge is 2.31. The highest BCUT2D eigenvalue weighted by molar-refractivity contribution is 5.50. The third-order valence-electron chi connectivity index (χ3n) is 3.54. The first-order valence-electron chi connectivity index (χ1n) is 6.07. The largest absolute Gasteiger partial charge is 0.508 e. The number of nitrogens with one attached hydrogen (secondary N) is 1. The maximum Gasteiger partial charge on any atom is 0.120 e.